The summed E-state index contributed by atoms with van der Waals surface area (Å²) in [6.07, 6.45) is -1.68. The second-order valence-corrected chi connectivity index (χ2v) is 3.74. The highest BCUT2D eigenvalue weighted by Gasteiger charge is 2.35. The summed E-state index contributed by atoms with van der Waals surface area (Å²) < 4.78 is 36.1. The van der Waals surface area contributed by atoms with Crippen molar-refractivity contribution < 1.29 is 18.0 Å². The Balaban J connectivity index is 2.33. The number of hydrogen-bond acceptors (Lipinski definition) is 2. The molecule has 0 radical (unpaired) electrons. The molecule has 0 unspecified atom stereocenters. The molecule has 0 saturated heterocycles. The number of allylic oxidation sites excluding steroid dienone is 1. The molecule has 0 atom stereocenters. The SMILES string of the molecule is Nc1ccc2c(/C=C/C(=O)C(F)(F)F)c[nH]c2c1. The quantitative estimate of drug-likeness (QED) is 0.639. The van der Waals surface area contributed by atoms with Gasteiger partial charge in [-0.25, -0.2) is 0 Å². The van der Waals surface area contributed by atoms with Crippen LogP contribution in [-0.4, -0.2) is 16.9 Å². The third-order valence-corrected chi connectivity index (χ3v) is 2.43. The van der Waals surface area contributed by atoms with E-state index in [-0.39, 0.29) is 0 Å². The molecular weight excluding hydrogens is 245 g/mol. The number of hydrogen-bond donors (Lipinski definition) is 2. The van der Waals surface area contributed by atoms with Gasteiger partial charge in [-0.3, -0.25) is 4.79 Å². The van der Waals surface area contributed by atoms with E-state index in [4.69, 9.17) is 5.73 Å². The zero-order chi connectivity index (χ0) is 13.3. The number of nitrogens with one attached hydrogen (secondary N) is 1. The third-order valence-electron chi connectivity index (χ3n) is 2.43. The van der Waals surface area contributed by atoms with E-state index in [1.54, 1.807) is 18.2 Å². The van der Waals surface area contributed by atoms with E-state index in [1.165, 1.54) is 6.20 Å². The number of H-pyrrole nitrogens is 1. The molecule has 0 spiro atoms. The number of halogens is 3. The standard InChI is InChI=1S/C12H9F3N2O/c13-12(14,15)11(18)4-1-7-6-17-10-5-8(16)2-3-9(7)10/h1-6,17H,16H2/b4-1+. The van der Waals surface area contributed by atoms with Gasteiger partial charge in [-0.15, -0.1) is 0 Å². The van der Waals surface area contributed by atoms with Crippen molar-refractivity contribution in [3.8, 4) is 0 Å². The van der Waals surface area contributed by atoms with Gasteiger partial charge in [-0.1, -0.05) is 6.07 Å². The van der Waals surface area contributed by atoms with Crippen molar-refractivity contribution in [1.29, 1.82) is 0 Å². The van der Waals surface area contributed by atoms with Crippen molar-refractivity contribution in [2.24, 2.45) is 0 Å². The summed E-state index contributed by atoms with van der Waals surface area (Å²) in [5.74, 6) is -1.88. The molecule has 0 bridgehead atoms. The summed E-state index contributed by atoms with van der Waals surface area (Å²) in [6, 6.07) is 4.98. The highest BCUT2D eigenvalue weighted by atomic mass is 19.4. The molecule has 0 aliphatic carbocycles. The Hall–Kier alpha value is -2.24. The van der Waals surface area contributed by atoms with Crippen LogP contribution in [0.5, 0.6) is 0 Å². The molecule has 3 nitrogen and oxygen atoms in total. The fourth-order valence-electron chi connectivity index (χ4n) is 1.56. The van der Waals surface area contributed by atoms with Gasteiger partial charge in [0, 0.05) is 22.8 Å². The van der Waals surface area contributed by atoms with Gasteiger partial charge in [0.25, 0.3) is 5.78 Å². The van der Waals surface area contributed by atoms with Gasteiger partial charge >= 0.3 is 6.18 Å². The summed E-state index contributed by atoms with van der Waals surface area (Å²) in [5, 5.41) is 0.704. The third kappa shape index (κ3) is 2.37. The molecule has 0 aliphatic rings. The Kier molecular flexibility index (Phi) is 2.86. The van der Waals surface area contributed by atoms with Crippen LogP contribution >= 0.6 is 0 Å². The minimum absolute atomic E-state index is 0.502. The molecule has 1 aromatic carbocycles. The lowest BCUT2D eigenvalue weighted by Gasteiger charge is -1.99. The second kappa shape index (κ2) is 4.21. The number of aromatic nitrogens is 1. The molecular formula is C12H9F3N2O. The van der Waals surface area contributed by atoms with Gasteiger partial charge in [0.2, 0.25) is 0 Å². The van der Waals surface area contributed by atoms with E-state index < -0.39 is 12.0 Å². The van der Waals surface area contributed by atoms with Crippen molar-refractivity contribution in [1.82, 2.24) is 4.98 Å². The Labute approximate surface area is 100 Å². The number of aromatic amines is 1. The minimum Gasteiger partial charge on any atom is -0.399 e. The maximum absolute atomic E-state index is 12.0. The molecule has 0 aliphatic heterocycles. The zero-order valence-electron chi connectivity index (χ0n) is 9.08. The van der Waals surface area contributed by atoms with Gasteiger partial charge < -0.3 is 10.7 Å². The minimum atomic E-state index is -4.84. The first kappa shape index (κ1) is 12.2. The second-order valence-electron chi connectivity index (χ2n) is 3.74. The number of ketones is 1. The zero-order valence-corrected chi connectivity index (χ0v) is 9.08. The molecule has 94 valence electrons. The van der Waals surface area contributed by atoms with Crippen LogP contribution in [0.2, 0.25) is 0 Å². The fourth-order valence-corrected chi connectivity index (χ4v) is 1.56. The summed E-state index contributed by atoms with van der Waals surface area (Å²) in [6.45, 7) is 0. The topological polar surface area (TPSA) is 58.9 Å². The molecule has 0 saturated carbocycles. The summed E-state index contributed by atoms with van der Waals surface area (Å²) in [7, 11) is 0. The van der Waals surface area contributed by atoms with Crippen LogP contribution in [0.4, 0.5) is 18.9 Å². The number of nitrogens with two attached hydrogens (primary N) is 1. The fraction of sp³-hybridized carbons (Fsp3) is 0.0833. The Morgan fingerprint density at radius 2 is 2.06 bits per heavy atom. The molecule has 6 heteroatoms. The van der Waals surface area contributed by atoms with Crippen molar-refractivity contribution in [2.75, 3.05) is 5.73 Å². The maximum Gasteiger partial charge on any atom is 0.454 e. The highest BCUT2D eigenvalue weighted by molar-refractivity contribution is 6.00. The Morgan fingerprint density at radius 1 is 1.33 bits per heavy atom. The average molecular weight is 254 g/mol. The highest BCUT2D eigenvalue weighted by Crippen LogP contribution is 2.23. The normalized spacial score (nSPS) is 12.4. The lowest BCUT2D eigenvalue weighted by Crippen LogP contribution is -2.19. The van der Waals surface area contributed by atoms with Crippen molar-refractivity contribution in [3.05, 3.63) is 36.0 Å². The first-order chi connectivity index (χ1) is 8.38. The first-order valence-corrected chi connectivity index (χ1v) is 5.04. The first-order valence-electron chi connectivity index (χ1n) is 5.04. The smallest absolute Gasteiger partial charge is 0.399 e. The van der Waals surface area contributed by atoms with Crippen molar-refractivity contribution >= 4 is 28.4 Å². The number of alkyl halides is 3. The molecule has 2 aromatic rings. The van der Waals surface area contributed by atoms with E-state index >= 15 is 0 Å². The van der Waals surface area contributed by atoms with Crippen LogP contribution in [0.3, 0.4) is 0 Å². The molecule has 1 aromatic heterocycles. The van der Waals surface area contributed by atoms with E-state index in [2.05, 4.69) is 4.98 Å². The van der Waals surface area contributed by atoms with E-state index in [9.17, 15) is 18.0 Å². The molecule has 2 rings (SSSR count). The molecule has 0 fully saturated rings. The van der Waals surface area contributed by atoms with Crippen LogP contribution in [0.1, 0.15) is 5.56 Å². The predicted molar refractivity (Wildman–Crippen MR) is 62.8 cm³/mol. The summed E-state index contributed by atoms with van der Waals surface area (Å²) in [5.41, 5.74) is 7.32. The van der Waals surface area contributed by atoms with Crippen molar-refractivity contribution in [2.45, 2.75) is 6.18 Å². The van der Waals surface area contributed by atoms with Gasteiger partial charge in [0.15, 0.2) is 0 Å². The number of nitrogen functional groups attached to an aromatic ring is 1. The lowest BCUT2D eigenvalue weighted by molar-refractivity contribution is -0.165. The van der Waals surface area contributed by atoms with Gasteiger partial charge in [0.1, 0.15) is 0 Å². The number of carbonyl (C=O) groups is 1. The number of anilines is 1. The van der Waals surface area contributed by atoms with Crippen molar-refractivity contribution in [3.63, 3.8) is 0 Å². The van der Waals surface area contributed by atoms with Crippen LogP contribution in [0, 0.1) is 0 Å². The Morgan fingerprint density at radius 3 is 2.72 bits per heavy atom. The van der Waals surface area contributed by atoms with Crippen LogP contribution in [-0.2, 0) is 4.79 Å². The van der Waals surface area contributed by atoms with Gasteiger partial charge in [-0.05, 0) is 29.8 Å². The van der Waals surface area contributed by atoms with Crippen LogP contribution in [0.15, 0.2) is 30.5 Å². The number of benzene rings is 1. The largest absolute Gasteiger partial charge is 0.454 e. The number of fused-ring (bicyclic) bond motifs is 1. The Bertz CT molecular complexity index is 626. The van der Waals surface area contributed by atoms with E-state index in [0.717, 1.165) is 6.08 Å². The van der Waals surface area contributed by atoms with Gasteiger partial charge in [-0.2, -0.15) is 13.2 Å². The van der Waals surface area contributed by atoms with Crippen LogP contribution < -0.4 is 5.73 Å². The van der Waals surface area contributed by atoms with E-state index in [1.807, 2.05) is 0 Å². The summed E-state index contributed by atoms with van der Waals surface area (Å²) in [4.78, 5) is 13.6. The number of carbonyl (C=O) groups excluding carboxylic acids is 1. The van der Waals surface area contributed by atoms with Gasteiger partial charge in [0.05, 0.1) is 0 Å². The number of rotatable bonds is 2. The maximum atomic E-state index is 12.0. The monoisotopic (exact) mass is 254 g/mol. The van der Waals surface area contributed by atoms with E-state index in [0.29, 0.717) is 28.2 Å². The molecule has 18 heavy (non-hydrogen) atoms. The lowest BCUT2D eigenvalue weighted by atomic mass is 10.1. The molecule has 1 heterocycles. The average Bonchev–Trinajstić information content (AvgIpc) is 2.66. The molecule has 0 amide bonds. The summed E-state index contributed by atoms with van der Waals surface area (Å²) >= 11 is 0. The predicted octanol–water partition coefficient (Wildman–Crippen LogP) is 2.89. The molecule has 3 N–H and O–H groups in total. The van der Waals surface area contributed by atoms with Crippen LogP contribution in [0.25, 0.3) is 17.0 Å².